The first kappa shape index (κ1) is 13.9. The summed E-state index contributed by atoms with van der Waals surface area (Å²) in [7, 11) is 0. The van der Waals surface area contributed by atoms with Crippen molar-refractivity contribution in [3.05, 3.63) is 34.9 Å². The van der Waals surface area contributed by atoms with Gasteiger partial charge in [-0.3, -0.25) is 0 Å². The minimum atomic E-state index is -0.698. The molecule has 0 radical (unpaired) electrons. The number of halogens is 2. The fourth-order valence-electron chi connectivity index (χ4n) is 2.22. The van der Waals surface area contributed by atoms with Crippen LogP contribution in [0.2, 0.25) is 0 Å². The summed E-state index contributed by atoms with van der Waals surface area (Å²) in [6.07, 6.45) is 2.80. The summed E-state index contributed by atoms with van der Waals surface area (Å²) in [5, 5.41) is 20.6. The smallest absolute Gasteiger partial charge is 0.131 e. The number of nitrogens with zero attached hydrogens (tertiary/aromatic N) is 1. The molecule has 0 spiro atoms. The van der Waals surface area contributed by atoms with Crippen molar-refractivity contribution in [3.63, 3.8) is 0 Å². The van der Waals surface area contributed by atoms with Crippen LogP contribution in [-0.4, -0.2) is 18.3 Å². The normalized spacial score (nSPS) is 16.1. The maximum atomic E-state index is 13.6. The lowest BCUT2D eigenvalue weighted by Crippen LogP contribution is -2.25. The number of benzene rings is 1. The Kier molecular flexibility index (Phi) is 4.13. The second-order valence-electron chi connectivity index (χ2n) is 5.11. The van der Waals surface area contributed by atoms with E-state index in [-0.39, 0.29) is 29.7 Å². The van der Waals surface area contributed by atoms with Crippen LogP contribution in [0.15, 0.2) is 12.1 Å². The van der Waals surface area contributed by atoms with Crippen LogP contribution in [-0.2, 0) is 6.54 Å². The van der Waals surface area contributed by atoms with Crippen LogP contribution in [0.3, 0.4) is 0 Å². The van der Waals surface area contributed by atoms with E-state index in [0.717, 1.165) is 31.4 Å². The van der Waals surface area contributed by atoms with Crippen LogP contribution in [0.25, 0.3) is 0 Å². The SMILES string of the molecule is N#Cc1cc(F)c(CNCC2(CCO)CC2)c(F)c1. The predicted octanol–water partition coefficient (Wildman–Crippen LogP) is 2.09. The van der Waals surface area contributed by atoms with E-state index in [1.54, 1.807) is 6.07 Å². The maximum absolute atomic E-state index is 13.6. The predicted molar refractivity (Wildman–Crippen MR) is 66.1 cm³/mol. The molecule has 1 aromatic rings. The van der Waals surface area contributed by atoms with Gasteiger partial charge < -0.3 is 10.4 Å². The Labute approximate surface area is 110 Å². The third-order valence-corrected chi connectivity index (χ3v) is 3.67. The van der Waals surface area contributed by atoms with Crippen LogP contribution in [0.1, 0.15) is 30.4 Å². The number of nitriles is 1. The molecule has 0 aliphatic heterocycles. The highest BCUT2D eigenvalue weighted by Crippen LogP contribution is 2.47. The van der Waals surface area contributed by atoms with Gasteiger partial charge in [-0.15, -0.1) is 0 Å². The van der Waals surface area contributed by atoms with Gasteiger partial charge in [-0.2, -0.15) is 5.26 Å². The Morgan fingerprint density at radius 2 is 1.95 bits per heavy atom. The zero-order valence-electron chi connectivity index (χ0n) is 10.5. The molecule has 0 saturated heterocycles. The molecule has 0 atom stereocenters. The Bertz CT molecular complexity index is 484. The Hall–Kier alpha value is -1.51. The summed E-state index contributed by atoms with van der Waals surface area (Å²) < 4.78 is 27.2. The fraction of sp³-hybridized carbons (Fsp3) is 0.500. The lowest BCUT2D eigenvalue weighted by atomic mass is 10.0. The summed E-state index contributed by atoms with van der Waals surface area (Å²) in [5.41, 5.74) is 0.0467. The van der Waals surface area contributed by atoms with Crippen molar-refractivity contribution in [1.82, 2.24) is 5.32 Å². The molecule has 2 rings (SSSR count). The first-order chi connectivity index (χ1) is 9.10. The van der Waals surface area contributed by atoms with E-state index < -0.39 is 11.6 Å². The average molecular weight is 266 g/mol. The Balaban J connectivity index is 1.95. The number of aliphatic hydroxyl groups excluding tert-OH is 1. The monoisotopic (exact) mass is 266 g/mol. The van der Waals surface area contributed by atoms with Gasteiger partial charge in [0, 0.05) is 25.3 Å². The summed E-state index contributed by atoms with van der Waals surface area (Å²) >= 11 is 0. The highest BCUT2D eigenvalue weighted by Gasteiger charge is 2.41. The summed E-state index contributed by atoms with van der Waals surface area (Å²) in [6, 6.07) is 3.80. The average Bonchev–Trinajstić information content (AvgIpc) is 3.13. The van der Waals surface area contributed by atoms with Gasteiger partial charge in [0.05, 0.1) is 11.6 Å². The molecule has 2 N–H and O–H groups in total. The summed E-state index contributed by atoms with van der Waals surface area (Å²) in [5.74, 6) is -1.40. The summed E-state index contributed by atoms with van der Waals surface area (Å²) in [6.45, 7) is 0.879. The van der Waals surface area contributed by atoms with Gasteiger partial charge >= 0.3 is 0 Å². The van der Waals surface area contributed by atoms with E-state index in [4.69, 9.17) is 10.4 Å². The van der Waals surface area contributed by atoms with Crippen LogP contribution >= 0.6 is 0 Å². The molecule has 0 aromatic heterocycles. The van der Waals surface area contributed by atoms with E-state index in [1.165, 1.54) is 0 Å². The quantitative estimate of drug-likeness (QED) is 0.829. The third-order valence-electron chi connectivity index (χ3n) is 3.67. The van der Waals surface area contributed by atoms with Crippen molar-refractivity contribution in [1.29, 1.82) is 5.26 Å². The molecular formula is C14H16F2N2O. The van der Waals surface area contributed by atoms with Crippen molar-refractivity contribution in [2.24, 2.45) is 5.41 Å². The second kappa shape index (κ2) is 5.64. The fourth-order valence-corrected chi connectivity index (χ4v) is 2.22. The molecule has 0 amide bonds. The first-order valence-electron chi connectivity index (χ1n) is 6.30. The molecule has 19 heavy (non-hydrogen) atoms. The van der Waals surface area contributed by atoms with Gasteiger partial charge in [-0.25, -0.2) is 8.78 Å². The van der Waals surface area contributed by atoms with Crippen LogP contribution in [0, 0.1) is 28.4 Å². The maximum Gasteiger partial charge on any atom is 0.131 e. The molecule has 102 valence electrons. The first-order valence-corrected chi connectivity index (χ1v) is 6.30. The van der Waals surface area contributed by atoms with Crippen molar-refractivity contribution >= 4 is 0 Å². The van der Waals surface area contributed by atoms with Gasteiger partial charge in [0.25, 0.3) is 0 Å². The van der Waals surface area contributed by atoms with Crippen molar-refractivity contribution in [2.45, 2.75) is 25.8 Å². The topological polar surface area (TPSA) is 56.0 Å². The van der Waals surface area contributed by atoms with Crippen LogP contribution in [0.4, 0.5) is 8.78 Å². The molecule has 1 fully saturated rings. The highest BCUT2D eigenvalue weighted by molar-refractivity contribution is 5.34. The van der Waals surface area contributed by atoms with E-state index in [1.807, 2.05) is 0 Å². The van der Waals surface area contributed by atoms with Crippen molar-refractivity contribution in [2.75, 3.05) is 13.2 Å². The van der Waals surface area contributed by atoms with Crippen LogP contribution < -0.4 is 5.32 Å². The molecule has 1 saturated carbocycles. The zero-order valence-corrected chi connectivity index (χ0v) is 10.5. The van der Waals surface area contributed by atoms with E-state index in [9.17, 15) is 8.78 Å². The summed E-state index contributed by atoms with van der Waals surface area (Å²) in [4.78, 5) is 0. The van der Waals surface area contributed by atoms with Crippen LogP contribution in [0.5, 0.6) is 0 Å². The molecule has 1 aliphatic rings. The molecular weight excluding hydrogens is 250 g/mol. The van der Waals surface area contributed by atoms with Gasteiger partial charge in [-0.1, -0.05) is 0 Å². The number of nitrogens with one attached hydrogen (secondary N) is 1. The molecule has 5 heteroatoms. The number of aliphatic hydroxyl groups is 1. The number of hydrogen-bond acceptors (Lipinski definition) is 3. The van der Waals surface area contributed by atoms with Gasteiger partial charge in [0.1, 0.15) is 11.6 Å². The molecule has 3 nitrogen and oxygen atoms in total. The third kappa shape index (κ3) is 3.28. The van der Waals surface area contributed by atoms with E-state index >= 15 is 0 Å². The molecule has 0 unspecified atom stereocenters. The van der Waals surface area contributed by atoms with Gasteiger partial charge in [0.15, 0.2) is 0 Å². The largest absolute Gasteiger partial charge is 0.396 e. The van der Waals surface area contributed by atoms with Gasteiger partial charge in [-0.05, 0) is 36.8 Å². The van der Waals surface area contributed by atoms with E-state index in [0.29, 0.717) is 6.54 Å². The van der Waals surface area contributed by atoms with Crippen molar-refractivity contribution in [3.8, 4) is 6.07 Å². The minimum absolute atomic E-state index is 0.0160. The van der Waals surface area contributed by atoms with Gasteiger partial charge in [0.2, 0.25) is 0 Å². The Morgan fingerprint density at radius 1 is 1.32 bits per heavy atom. The standard InChI is InChI=1S/C14H16F2N2O/c15-12-5-10(7-17)6-13(16)11(12)8-18-9-14(1-2-14)3-4-19/h5-6,18-19H,1-4,8-9H2. The molecule has 1 aromatic carbocycles. The van der Waals surface area contributed by atoms with E-state index in [2.05, 4.69) is 5.32 Å². The molecule has 0 bridgehead atoms. The molecule has 0 heterocycles. The lowest BCUT2D eigenvalue weighted by molar-refractivity contribution is 0.245. The Morgan fingerprint density at radius 3 is 2.42 bits per heavy atom. The highest BCUT2D eigenvalue weighted by atomic mass is 19.1. The lowest BCUT2D eigenvalue weighted by Gasteiger charge is -2.15. The minimum Gasteiger partial charge on any atom is -0.396 e. The number of hydrogen-bond donors (Lipinski definition) is 2. The molecule has 1 aliphatic carbocycles. The van der Waals surface area contributed by atoms with Crippen molar-refractivity contribution < 1.29 is 13.9 Å². The second-order valence-corrected chi connectivity index (χ2v) is 5.11. The number of rotatable bonds is 6. The zero-order chi connectivity index (χ0) is 13.9.